The lowest BCUT2D eigenvalue weighted by Crippen LogP contribution is -2.25. The maximum Gasteiger partial charge on any atom is 0.157 e. The molecule has 0 aliphatic carbocycles. The van der Waals surface area contributed by atoms with Crippen LogP contribution in [0.5, 0.6) is 0 Å². The number of azide groups is 1. The average Bonchev–Trinajstić information content (AvgIpc) is 2.31. The molecule has 1 radical (unpaired) electrons. The summed E-state index contributed by atoms with van der Waals surface area (Å²) >= 11 is 0. The molecule has 1 aliphatic heterocycles. The highest BCUT2D eigenvalue weighted by molar-refractivity contribution is 5.88. The zero-order valence-corrected chi connectivity index (χ0v) is 7.90. The van der Waals surface area contributed by atoms with E-state index >= 15 is 0 Å². The van der Waals surface area contributed by atoms with Gasteiger partial charge in [0.15, 0.2) is 5.78 Å². The molecule has 1 saturated heterocycles. The van der Waals surface area contributed by atoms with Crippen LogP contribution in [0.1, 0.15) is 13.8 Å². The second kappa shape index (κ2) is 4.25. The molecule has 0 spiro atoms. The Bertz CT molecular complexity index is 245. The quantitative estimate of drug-likeness (QED) is 0.372. The fourth-order valence-corrected chi connectivity index (χ4v) is 1.47. The second-order valence-electron chi connectivity index (χ2n) is 3.56. The van der Waals surface area contributed by atoms with Crippen LogP contribution in [-0.2, 0) is 4.79 Å². The van der Waals surface area contributed by atoms with Gasteiger partial charge in [-0.25, -0.2) is 0 Å². The van der Waals surface area contributed by atoms with E-state index in [1.54, 1.807) is 0 Å². The van der Waals surface area contributed by atoms with Gasteiger partial charge in [0.2, 0.25) is 0 Å². The van der Waals surface area contributed by atoms with Crippen LogP contribution in [0.2, 0.25) is 0 Å². The molecule has 0 bridgehead atoms. The Morgan fingerprint density at radius 1 is 1.77 bits per heavy atom. The van der Waals surface area contributed by atoms with E-state index in [1.165, 1.54) is 5.92 Å². The van der Waals surface area contributed by atoms with Crippen molar-refractivity contribution >= 4 is 5.78 Å². The third-order valence-electron chi connectivity index (χ3n) is 1.91. The molecule has 0 N–H and O–H groups in total. The molecule has 5 nitrogen and oxygen atoms in total. The number of rotatable bonds is 3. The Labute approximate surface area is 77.3 Å². The molecule has 0 aromatic heterocycles. The molecule has 1 atom stereocenters. The van der Waals surface area contributed by atoms with Crippen molar-refractivity contribution in [1.29, 1.82) is 0 Å². The van der Waals surface area contributed by atoms with Gasteiger partial charge < -0.3 is 0 Å². The third kappa shape index (κ3) is 2.72. The van der Waals surface area contributed by atoms with Crippen molar-refractivity contribution in [2.75, 3.05) is 19.6 Å². The van der Waals surface area contributed by atoms with Gasteiger partial charge in [-0.05, 0) is 11.4 Å². The van der Waals surface area contributed by atoms with Gasteiger partial charge in [-0.2, -0.15) is 0 Å². The van der Waals surface area contributed by atoms with Crippen LogP contribution in [0.4, 0.5) is 0 Å². The third-order valence-corrected chi connectivity index (χ3v) is 1.91. The molecule has 0 saturated carbocycles. The smallest absolute Gasteiger partial charge is 0.157 e. The summed E-state index contributed by atoms with van der Waals surface area (Å²) < 4.78 is 0. The maximum atomic E-state index is 11.2. The monoisotopic (exact) mass is 181 g/mol. The minimum atomic E-state index is -0.468. The van der Waals surface area contributed by atoms with Gasteiger partial charge in [0.25, 0.3) is 0 Å². The van der Waals surface area contributed by atoms with E-state index in [0.717, 1.165) is 6.54 Å². The summed E-state index contributed by atoms with van der Waals surface area (Å²) in [7, 11) is 0. The highest BCUT2D eigenvalue weighted by Crippen LogP contribution is 2.11. The molecular weight excluding hydrogens is 168 g/mol. The molecule has 0 aromatic rings. The lowest BCUT2D eigenvalue weighted by Gasteiger charge is -2.15. The number of hydrogen-bond acceptors (Lipinski definition) is 3. The second-order valence-corrected chi connectivity index (χ2v) is 3.56. The predicted molar refractivity (Wildman–Crippen MR) is 49.0 cm³/mol. The number of nitrogens with zero attached hydrogens (tertiary/aromatic N) is 4. The zero-order chi connectivity index (χ0) is 9.84. The summed E-state index contributed by atoms with van der Waals surface area (Å²) in [5.74, 6) is 1.29. The fourth-order valence-electron chi connectivity index (χ4n) is 1.47. The predicted octanol–water partition coefficient (Wildman–Crippen LogP) is 1.16. The lowest BCUT2D eigenvalue weighted by molar-refractivity contribution is -0.117. The van der Waals surface area contributed by atoms with Crippen LogP contribution in [0.3, 0.4) is 0 Å². The molecule has 71 valence electrons. The summed E-state index contributed by atoms with van der Waals surface area (Å²) in [5.41, 5.74) is 8.19. The number of carbonyl (C=O) groups is 1. The summed E-state index contributed by atoms with van der Waals surface area (Å²) in [6.07, 6.45) is 0. The van der Waals surface area contributed by atoms with E-state index in [4.69, 9.17) is 5.53 Å². The van der Waals surface area contributed by atoms with Crippen molar-refractivity contribution in [3.63, 3.8) is 0 Å². The van der Waals surface area contributed by atoms with Crippen molar-refractivity contribution < 1.29 is 4.79 Å². The van der Waals surface area contributed by atoms with Crippen LogP contribution >= 0.6 is 0 Å². The van der Waals surface area contributed by atoms with E-state index in [2.05, 4.69) is 10.0 Å². The number of carbonyl (C=O) groups excluding carboxylic acids is 1. The Morgan fingerprint density at radius 2 is 2.46 bits per heavy atom. The molecule has 0 amide bonds. The Hall–Kier alpha value is -1.06. The number of likely N-dealkylation sites (tertiary alicyclic amines) is 1. The Kier molecular flexibility index (Phi) is 3.28. The van der Waals surface area contributed by atoms with Gasteiger partial charge in [-0.1, -0.05) is 19.0 Å². The fraction of sp³-hybridized carbons (Fsp3) is 0.750. The molecule has 1 heterocycles. The van der Waals surface area contributed by atoms with Gasteiger partial charge in [-0.15, -0.1) is 0 Å². The Morgan fingerprint density at radius 3 is 3.00 bits per heavy atom. The average molecular weight is 181 g/mol. The van der Waals surface area contributed by atoms with Gasteiger partial charge in [0, 0.05) is 18.0 Å². The topological polar surface area (TPSA) is 69.1 Å². The first kappa shape index (κ1) is 10.0. The zero-order valence-electron chi connectivity index (χ0n) is 7.90. The summed E-state index contributed by atoms with van der Waals surface area (Å²) in [5, 5.41) is 3.44. The minimum absolute atomic E-state index is 0.0269. The molecule has 1 unspecified atom stereocenters. The molecule has 0 aromatic carbocycles. The standard InChI is InChI=1S/C8H13N4O/c1-6(2)3-12-4-7(10-11-9)8(13)5-12/h7H,3-5H2,1-2H3. The molecule has 13 heavy (non-hydrogen) atoms. The molecule has 1 rings (SSSR count). The Balaban J connectivity index is 2.50. The number of Topliss-reactive ketones (excluding diaryl/α,β-unsaturated/α-hetero) is 1. The van der Waals surface area contributed by atoms with Crippen LogP contribution in [-0.4, -0.2) is 36.4 Å². The lowest BCUT2D eigenvalue weighted by atomic mass is 10.2. The SMILES string of the molecule is C[C](C)CN1CC(=O)C(N=[N+]=[N-])C1. The summed E-state index contributed by atoms with van der Waals surface area (Å²) in [6, 6.07) is -0.468. The molecule has 5 heteroatoms. The maximum absolute atomic E-state index is 11.2. The van der Waals surface area contributed by atoms with Gasteiger partial charge >= 0.3 is 0 Å². The van der Waals surface area contributed by atoms with E-state index in [9.17, 15) is 4.79 Å². The van der Waals surface area contributed by atoms with Gasteiger partial charge in [0.1, 0.15) is 6.04 Å². The highest BCUT2D eigenvalue weighted by atomic mass is 16.1. The van der Waals surface area contributed by atoms with E-state index in [-0.39, 0.29) is 5.78 Å². The summed E-state index contributed by atoms with van der Waals surface area (Å²) in [4.78, 5) is 15.9. The largest absolute Gasteiger partial charge is 0.298 e. The van der Waals surface area contributed by atoms with Crippen molar-refractivity contribution in [3.8, 4) is 0 Å². The molecule has 1 aliphatic rings. The first-order valence-corrected chi connectivity index (χ1v) is 4.22. The van der Waals surface area contributed by atoms with Crippen LogP contribution in [0, 0.1) is 5.92 Å². The summed E-state index contributed by atoms with van der Waals surface area (Å²) in [6.45, 7) is 5.82. The van der Waals surface area contributed by atoms with Crippen LogP contribution in [0.25, 0.3) is 10.4 Å². The van der Waals surface area contributed by atoms with E-state index in [1.807, 2.05) is 18.7 Å². The molecular formula is C8H13N4O. The first-order valence-electron chi connectivity index (χ1n) is 4.22. The minimum Gasteiger partial charge on any atom is -0.298 e. The number of hydrogen-bond donors (Lipinski definition) is 0. The normalized spacial score (nSPS) is 23.6. The van der Waals surface area contributed by atoms with E-state index in [0.29, 0.717) is 13.1 Å². The highest BCUT2D eigenvalue weighted by Gasteiger charge is 2.29. The number of ketones is 1. The van der Waals surface area contributed by atoms with Crippen LogP contribution < -0.4 is 0 Å². The van der Waals surface area contributed by atoms with E-state index < -0.39 is 6.04 Å². The van der Waals surface area contributed by atoms with Gasteiger partial charge in [0.05, 0.1) is 6.54 Å². The van der Waals surface area contributed by atoms with Crippen molar-refractivity contribution in [2.24, 2.45) is 5.11 Å². The van der Waals surface area contributed by atoms with Crippen LogP contribution in [0.15, 0.2) is 5.11 Å². The molecule has 1 fully saturated rings. The van der Waals surface area contributed by atoms with Crippen molar-refractivity contribution in [3.05, 3.63) is 16.4 Å². The first-order chi connectivity index (χ1) is 6.13. The van der Waals surface area contributed by atoms with Crippen molar-refractivity contribution in [1.82, 2.24) is 4.90 Å². The van der Waals surface area contributed by atoms with Crippen molar-refractivity contribution in [2.45, 2.75) is 19.9 Å². The van der Waals surface area contributed by atoms with Gasteiger partial charge in [-0.3, -0.25) is 9.69 Å².